The second-order valence-corrected chi connectivity index (χ2v) is 5.37. The number of anilines is 2. The van der Waals surface area contributed by atoms with Gasteiger partial charge in [0.1, 0.15) is 19.4 Å². The molecule has 0 spiro atoms. The lowest BCUT2D eigenvalue weighted by atomic mass is 10.2. The van der Waals surface area contributed by atoms with Gasteiger partial charge in [0.15, 0.2) is 11.5 Å². The largest absolute Gasteiger partial charge is 0.454 e. The summed E-state index contributed by atoms with van der Waals surface area (Å²) in [7, 11) is 0. The number of nitrogens with one attached hydrogen (secondary N) is 1. The molecule has 1 N–H and O–H groups in total. The third kappa shape index (κ3) is 3.77. The van der Waals surface area contributed by atoms with Gasteiger partial charge in [-0.3, -0.25) is 10.1 Å². The van der Waals surface area contributed by atoms with Crippen LogP contribution in [0.5, 0.6) is 11.5 Å². The minimum atomic E-state index is -0.640. The SMILES string of the molecule is N#CCN(CC#N)c1ncnc(NCc2ccc3c(c2)OCO3)c1[N+](=O)[O-]. The molecule has 136 valence electrons. The molecular weight excluding hydrogens is 354 g/mol. The zero-order chi connectivity index (χ0) is 19.2. The molecule has 0 amide bonds. The fourth-order valence-corrected chi connectivity index (χ4v) is 2.51. The van der Waals surface area contributed by atoms with Crippen molar-refractivity contribution in [2.45, 2.75) is 6.54 Å². The number of fused-ring (bicyclic) bond motifs is 1. The summed E-state index contributed by atoms with van der Waals surface area (Å²) in [5.41, 5.74) is 0.406. The van der Waals surface area contributed by atoms with Crippen LogP contribution in [0.3, 0.4) is 0 Å². The molecule has 27 heavy (non-hydrogen) atoms. The number of nitro groups is 1. The lowest BCUT2D eigenvalue weighted by Crippen LogP contribution is -2.26. The fourth-order valence-electron chi connectivity index (χ4n) is 2.51. The molecule has 3 rings (SSSR count). The molecule has 1 aromatic carbocycles. The van der Waals surface area contributed by atoms with Crippen molar-refractivity contribution < 1.29 is 14.4 Å². The van der Waals surface area contributed by atoms with Crippen LogP contribution < -0.4 is 19.7 Å². The molecule has 11 heteroatoms. The number of nitriles is 2. The predicted molar refractivity (Wildman–Crippen MR) is 92.0 cm³/mol. The van der Waals surface area contributed by atoms with Crippen molar-refractivity contribution in [3.8, 4) is 23.6 Å². The molecule has 0 fully saturated rings. The Morgan fingerprint density at radius 3 is 2.67 bits per heavy atom. The third-order valence-electron chi connectivity index (χ3n) is 3.71. The van der Waals surface area contributed by atoms with E-state index in [1.165, 1.54) is 4.90 Å². The van der Waals surface area contributed by atoms with Gasteiger partial charge in [0.25, 0.3) is 0 Å². The summed E-state index contributed by atoms with van der Waals surface area (Å²) in [5, 5.41) is 32.3. The van der Waals surface area contributed by atoms with Gasteiger partial charge in [-0.1, -0.05) is 6.07 Å². The molecule has 11 nitrogen and oxygen atoms in total. The number of rotatable bonds is 7. The third-order valence-corrected chi connectivity index (χ3v) is 3.71. The minimum absolute atomic E-state index is 0.0106. The highest BCUT2D eigenvalue weighted by Gasteiger charge is 2.27. The minimum Gasteiger partial charge on any atom is -0.454 e. The van der Waals surface area contributed by atoms with E-state index in [-0.39, 0.29) is 38.1 Å². The lowest BCUT2D eigenvalue weighted by molar-refractivity contribution is -0.383. The topological polar surface area (TPSA) is 150 Å². The van der Waals surface area contributed by atoms with Crippen molar-refractivity contribution in [1.29, 1.82) is 10.5 Å². The molecule has 0 radical (unpaired) electrons. The molecule has 0 unspecified atom stereocenters. The highest BCUT2D eigenvalue weighted by molar-refractivity contribution is 5.70. The Bertz CT molecular complexity index is 935. The normalized spacial score (nSPS) is 11.3. The fraction of sp³-hybridized carbons (Fsp3) is 0.250. The number of aromatic nitrogens is 2. The van der Waals surface area contributed by atoms with Crippen molar-refractivity contribution in [2.75, 3.05) is 30.1 Å². The van der Waals surface area contributed by atoms with Gasteiger partial charge in [0.05, 0.1) is 17.1 Å². The van der Waals surface area contributed by atoms with Gasteiger partial charge < -0.3 is 19.7 Å². The van der Waals surface area contributed by atoms with Crippen molar-refractivity contribution in [3.63, 3.8) is 0 Å². The van der Waals surface area contributed by atoms with Crippen LogP contribution in [0.25, 0.3) is 0 Å². The maximum Gasteiger partial charge on any atom is 0.353 e. The van der Waals surface area contributed by atoms with Gasteiger partial charge in [-0.2, -0.15) is 10.5 Å². The van der Waals surface area contributed by atoms with Crippen molar-refractivity contribution in [1.82, 2.24) is 9.97 Å². The lowest BCUT2D eigenvalue weighted by Gasteiger charge is -2.17. The van der Waals surface area contributed by atoms with Crippen LogP contribution in [0.1, 0.15) is 5.56 Å². The number of nitrogens with zero attached hydrogens (tertiary/aromatic N) is 6. The smallest absolute Gasteiger partial charge is 0.353 e. The maximum atomic E-state index is 11.6. The number of ether oxygens (including phenoxy) is 2. The Morgan fingerprint density at radius 2 is 1.96 bits per heavy atom. The first kappa shape index (κ1) is 17.7. The highest BCUT2D eigenvalue weighted by Crippen LogP contribution is 2.34. The summed E-state index contributed by atoms with van der Waals surface area (Å²) in [5.74, 6) is 1.13. The molecule has 1 aliphatic heterocycles. The molecule has 2 heterocycles. The van der Waals surface area contributed by atoms with E-state index in [0.717, 1.165) is 11.9 Å². The van der Waals surface area contributed by atoms with Gasteiger partial charge in [0.2, 0.25) is 18.4 Å². The first-order chi connectivity index (χ1) is 13.1. The Morgan fingerprint density at radius 1 is 1.22 bits per heavy atom. The number of hydrogen-bond acceptors (Lipinski definition) is 10. The zero-order valence-corrected chi connectivity index (χ0v) is 14.0. The number of benzene rings is 1. The second-order valence-electron chi connectivity index (χ2n) is 5.37. The summed E-state index contributed by atoms with van der Waals surface area (Å²) in [6.45, 7) is -0.0367. The van der Waals surface area contributed by atoms with Crippen molar-refractivity contribution in [3.05, 3.63) is 40.2 Å². The van der Waals surface area contributed by atoms with Gasteiger partial charge in [0, 0.05) is 6.54 Å². The first-order valence-corrected chi connectivity index (χ1v) is 7.74. The molecule has 1 aromatic heterocycles. The van der Waals surface area contributed by atoms with Crippen LogP contribution in [0.15, 0.2) is 24.5 Å². The summed E-state index contributed by atoms with van der Waals surface area (Å²) in [4.78, 5) is 20.0. The van der Waals surface area contributed by atoms with E-state index in [0.29, 0.717) is 11.5 Å². The summed E-state index contributed by atoms with van der Waals surface area (Å²) in [6, 6.07) is 9.04. The second kappa shape index (κ2) is 7.84. The highest BCUT2D eigenvalue weighted by atomic mass is 16.7. The molecule has 1 aliphatic rings. The van der Waals surface area contributed by atoms with Gasteiger partial charge >= 0.3 is 5.69 Å². The standard InChI is InChI=1S/C16H13N7O4/c17-3-5-22(6-4-18)16-14(23(24)25)15(20-9-21-16)19-8-11-1-2-12-13(7-11)27-10-26-12/h1-2,7,9H,5-6,8,10H2,(H,19,20,21). The first-order valence-electron chi connectivity index (χ1n) is 7.74. The van der Waals surface area contributed by atoms with Crippen LogP contribution in [0.4, 0.5) is 17.3 Å². The predicted octanol–water partition coefficient (Wildman–Crippen LogP) is 1.58. The van der Waals surface area contributed by atoms with E-state index < -0.39 is 10.6 Å². The molecule has 0 saturated carbocycles. The average molecular weight is 367 g/mol. The summed E-state index contributed by atoms with van der Waals surface area (Å²) >= 11 is 0. The molecule has 0 aliphatic carbocycles. The Balaban J connectivity index is 1.87. The molecule has 2 aromatic rings. The van der Waals surface area contributed by atoms with E-state index in [1.807, 2.05) is 12.1 Å². The zero-order valence-electron chi connectivity index (χ0n) is 14.0. The van der Waals surface area contributed by atoms with Crippen LogP contribution in [0, 0.1) is 32.8 Å². The Labute approximate surface area is 153 Å². The summed E-state index contributed by atoms with van der Waals surface area (Å²) in [6.07, 6.45) is 1.14. The van der Waals surface area contributed by atoms with Crippen LogP contribution in [-0.4, -0.2) is 34.8 Å². The van der Waals surface area contributed by atoms with Crippen LogP contribution in [0.2, 0.25) is 0 Å². The van der Waals surface area contributed by atoms with E-state index in [4.69, 9.17) is 20.0 Å². The summed E-state index contributed by atoms with van der Waals surface area (Å²) < 4.78 is 10.5. The van der Waals surface area contributed by atoms with Crippen LogP contribution in [-0.2, 0) is 6.54 Å². The van der Waals surface area contributed by atoms with E-state index in [1.54, 1.807) is 18.2 Å². The van der Waals surface area contributed by atoms with E-state index >= 15 is 0 Å². The maximum absolute atomic E-state index is 11.6. The van der Waals surface area contributed by atoms with Gasteiger partial charge in [-0.05, 0) is 17.7 Å². The Kier molecular flexibility index (Phi) is 5.14. The van der Waals surface area contributed by atoms with Gasteiger partial charge in [-0.25, -0.2) is 9.97 Å². The van der Waals surface area contributed by atoms with Crippen molar-refractivity contribution in [2.24, 2.45) is 0 Å². The van der Waals surface area contributed by atoms with Gasteiger partial charge in [-0.15, -0.1) is 0 Å². The molecule has 0 saturated heterocycles. The van der Waals surface area contributed by atoms with Crippen molar-refractivity contribution >= 4 is 17.3 Å². The van der Waals surface area contributed by atoms with E-state index in [9.17, 15) is 10.1 Å². The van der Waals surface area contributed by atoms with E-state index in [2.05, 4.69) is 15.3 Å². The molecule has 0 bridgehead atoms. The molecule has 0 atom stereocenters. The van der Waals surface area contributed by atoms with Crippen LogP contribution >= 0.6 is 0 Å². The average Bonchev–Trinajstić information content (AvgIpc) is 3.13. The monoisotopic (exact) mass is 367 g/mol. The Hall–Kier alpha value is -4.12. The number of hydrogen-bond donors (Lipinski definition) is 1. The molecular formula is C16H13N7O4. The quantitative estimate of drug-likeness (QED) is 0.434.